The van der Waals surface area contributed by atoms with Crippen LogP contribution in [-0.2, 0) is 36.3 Å². The van der Waals surface area contributed by atoms with Crippen LogP contribution < -0.4 is 10.1 Å². The van der Waals surface area contributed by atoms with Gasteiger partial charge in [-0.15, -0.1) is 0 Å². The van der Waals surface area contributed by atoms with Crippen LogP contribution in [0.25, 0.3) is 0 Å². The minimum atomic E-state index is -3.77. The molecule has 37 heavy (non-hydrogen) atoms. The predicted molar refractivity (Wildman–Crippen MR) is 135 cm³/mol. The Morgan fingerprint density at radius 1 is 0.973 bits per heavy atom. The first-order valence-corrected chi connectivity index (χ1v) is 13.0. The summed E-state index contributed by atoms with van der Waals surface area (Å²) in [5.41, 5.74) is 0.623. The predicted octanol–water partition coefficient (Wildman–Crippen LogP) is 3.85. The SMILES string of the molecule is COC(=O)[C@H](Cc1ccc(Oc2ccnc(S(=O)(=O)Cc3ccccc3)n2)cc1)NC(=O)OC(C)(C)C. The second kappa shape index (κ2) is 11.8. The van der Waals surface area contributed by atoms with Crippen molar-refractivity contribution in [2.24, 2.45) is 0 Å². The first-order valence-electron chi connectivity index (χ1n) is 11.4. The van der Waals surface area contributed by atoms with E-state index in [0.717, 1.165) is 0 Å². The fourth-order valence-electron chi connectivity index (χ4n) is 3.23. The van der Waals surface area contributed by atoms with Crippen molar-refractivity contribution in [1.82, 2.24) is 15.3 Å². The molecule has 3 rings (SSSR count). The Hall–Kier alpha value is -3.99. The van der Waals surface area contributed by atoms with Gasteiger partial charge in [-0.05, 0) is 44.0 Å². The summed E-state index contributed by atoms with van der Waals surface area (Å²) in [6.07, 6.45) is 0.740. The van der Waals surface area contributed by atoms with Gasteiger partial charge in [0.2, 0.25) is 15.7 Å². The molecular weight excluding hydrogens is 498 g/mol. The highest BCUT2D eigenvalue weighted by molar-refractivity contribution is 7.90. The lowest BCUT2D eigenvalue weighted by molar-refractivity contribution is -0.143. The molecule has 0 saturated heterocycles. The Kier molecular flexibility index (Phi) is 8.82. The van der Waals surface area contributed by atoms with Gasteiger partial charge in [-0.1, -0.05) is 42.5 Å². The lowest BCUT2D eigenvalue weighted by Crippen LogP contribution is -2.45. The van der Waals surface area contributed by atoms with Gasteiger partial charge in [-0.3, -0.25) is 0 Å². The van der Waals surface area contributed by atoms with Crippen LogP contribution >= 0.6 is 0 Å². The summed E-state index contributed by atoms with van der Waals surface area (Å²) in [5.74, 6) is -0.390. The Bertz CT molecular complexity index is 1320. The van der Waals surface area contributed by atoms with Gasteiger partial charge < -0.3 is 19.5 Å². The van der Waals surface area contributed by atoms with Gasteiger partial charge in [0, 0.05) is 18.7 Å². The molecule has 3 aromatic rings. The highest BCUT2D eigenvalue weighted by Crippen LogP contribution is 2.22. The quantitative estimate of drug-likeness (QED) is 0.325. The first-order chi connectivity index (χ1) is 17.4. The monoisotopic (exact) mass is 527 g/mol. The zero-order valence-electron chi connectivity index (χ0n) is 21.0. The zero-order valence-corrected chi connectivity index (χ0v) is 21.8. The fraction of sp³-hybridized carbons (Fsp3) is 0.308. The number of alkyl carbamates (subject to hydrolysis) is 1. The number of benzene rings is 2. The standard InChI is InChI=1S/C26H29N3O7S/c1-26(2,3)36-25(31)28-21(23(30)34-4)16-18-10-12-20(13-11-18)35-22-14-15-27-24(29-22)37(32,33)17-19-8-6-5-7-9-19/h5-15,21H,16-17H2,1-4H3,(H,28,31)/t21-/m0/s1. The molecule has 1 amide bonds. The zero-order chi connectivity index (χ0) is 27.1. The van der Waals surface area contributed by atoms with Crippen molar-refractivity contribution >= 4 is 21.9 Å². The molecule has 0 aliphatic carbocycles. The molecule has 1 heterocycles. The molecule has 1 atom stereocenters. The van der Waals surface area contributed by atoms with Crippen LogP contribution in [0.3, 0.4) is 0 Å². The second-order valence-electron chi connectivity index (χ2n) is 9.09. The minimum absolute atomic E-state index is 0.0633. The summed E-state index contributed by atoms with van der Waals surface area (Å²) in [7, 11) is -2.54. The number of amides is 1. The molecule has 0 aliphatic heterocycles. The third kappa shape index (κ3) is 8.57. The van der Waals surface area contributed by atoms with Crippen LogP contribution in [0.2, 0.25) is 0 Å². The highest BCUT2D eigenvalue weighted by Gasteiger charge is 2.25. The van der Waals surface area contributed by atoms with Crippen molar-refractivity contribution in [2.45, 2.75) is 49.7 Å². The van der Waals surface area contributed by atoms with E-state index in [2.05, 4.69) is 15.3 Å². The molecule has 0 radical (unpaired) electrons. The molecule has 0 spiro atoms. The number of carbonyl (C=O) groups is 2. The summed E-state index contributed by atoms with van der Waals surface area (Å²) in [6, 6.07) is 15.9. The number of carbonyl (C=O) groups excluding carboxylic acids is 2. The van der Waals surface area contributed by atoms with Crippen LogP contribution in [0.15, 0.2) is 72.0 Å². The average Bonchev–Trinajstić information content (AvgIpc) is 2.83. The Morgan fingerprint density at radius 2 is 1.65 bits per heavy atom. The number of esters is 1. The molecule has 0 bridgehead atoms. The van der Waals surface area contributed by atoms with Crippen molar-refractivity contribution in [3.05, 3.63) is 78.0 Å². The molecule has 196 valence electrons. The smallest absolute Gasteiger partial charge is 0.408 e. The van der Waals surface area contributed by atoms with Gasteiger partial charge in [0.05, 0.1) is 12.9 Å². The summed E-state index contributed by atoms with van der Waals surface area (Å²) in [5, 5.41) is 2.19. The Balaban J connectivity index is 1.67. The number of aromatic nitrogens is 2. The van der Waals surface area contributed by atoms with Crippen LogP contribution in [-0.4, -0.2) is 49.2 Å². The number of ether oxygens (including phenoxy) is 3. The molecule has 10 nitrogen and oxygen atoms in total. The molecule has 0 aliphatic rings. The topological polar surface area (TPSA) is 134 Å². The van der Waals surface area contributed by atoms with E-state index in [4.69, 9.17) is 14.2 Å². The maximum Gasteiger partial charge on any atom is 0.408 e. The van der Waals surface area contributed by atoms with Gasteiger partial charge in [0.25, 0.3) is 5.16 Å². The van der Waals surface area contributed by atoms with Gasteiger partial charge in [0.15, 0.2) is 0 Å². The van der Waals surface area contributed by atoms with Crippen molar-refractivity contribution in [1.29, 1.82) is 0 Å². The molecular formula is C26H29N3O7S. The van der Waals surface area contributed by atoms with Gasteiger partial charge in [-0.25, -0.2) is 23.0 Å². The maximum atomic E-state index is 12.7. The van der Waals surface area contributed by atoms with E-state index in [1.165, 1.54) is 19.4 Å². The first kappa shape index (κ1) is 27.6. The Morgan fingerprint density at radius 3 is 2.27 bits per heavy atom. The van der Waals surface area contributed by atoms with Crippen LogP contribution in [0.5, 0.6) is 11.6 Å². The van der Waals surface area contributed by atoms with Crippen LogP contribution in [0.4, 0.5) is 4.79 Å². The van der Waals surface area contributed by atoms with Crippen molar-refractivity contribution in [3.63, 3.8) is 0 Å². The molecule has 2 aromatic carbocycles. The summed E-state index contributed by atoms with van der Waals surface area (Å²) in [6.45, 7) is 5.16. The van der Waals surface area contributed by atoms with E-state index in [1.807, 2.05) is 0 Å². The fourth-order valence-corrected chi connectivity index (χ4v) is 4.44. The molecule has 0 fully saturated rings. The number of rotatable bonds is 9. The number of nitrogens with one attached hydrogen (secondary N) is 1. The summed E-state index contributed by atoms with van der Waals surface area (Å²) < 4.78 is 41.2. The largest absolute Gasteiger partial charge is 0.467 e. The summed E-state index contributed by atoms with van der Waals surface area (Å²) >= 11 is 0. The Labute approximate surface area is 215 Å². The van der Waals surface area contributed by atoms with Crippen molar-refractivity contribution < 1.29 is 32.2 Å². The van der Waals surface area contributed by atoms with E-state index in [0.29, 0.717) is 16.9 Å². The molecule has 11 heteroatoms. The van der Waals surface area contributed by atoms with E-state index in [1.54, 1.807) is 75.4 Å². The maximum absolute atomic E-state index is 12.7. The normalized spacial score (nSPS) is 12.3. The number of sulfone groups is 1. The van der Waals surface area contributed by atoms with Crippen LogP contribution in [0.1, 0.15) is 31.9 Å². The molecule has 0 unspecified atom stereocenters. The van der Waals surface area contributed by atoms with E-state index < -0.39 is 33.5 Å². The van der Waals surface area contributed by atoms with Crippen molar-refractivity contribution in [3.8, 4) is 11.6 Å². The van der Waals surface area contributed by atoms with Crippen LogP contribution in [0, 0.1) is 0 Å². The lowest BCUT2D eigenvalue weighted by atomic mass is 10.1. The third-order valence-corrected chi connectivity index (χ3v) is 6.31. The van der Waals surface area contributed by atoms with Gasteiger partial charge in [-0.2, -0.15) is 4.98 Å². The van der Waals surface area contributed by atoms with Gasteiger partial charge in [0.1, 0.15) is 17.4 Å². The highest BCUT2D eigenvalue weighted by atomic mass is 32.2. The summed E-state index contributed by atoms with van der Waals surface area (Å²) in [4.78, 5) is 32.3. The van der Waals surface area contributed by atoms with E-state index in [9.17, 15) is 18.0 Å². The number of methoxy groups -OCH3 is 1. The minimum Gasteiger partial charge on any atom is -0.467 e. The van der Waals surface area contributed by atoms with E-state index >= 15 is 0 Å². The number of hydrogen-bond donors (Lipinski definition) is 1. The molecule has 1 N–H and O–H groups in total. The average molecular weight is 528 g/mol. The van der Waals surface area contributed by atoms with Crippen molar-refractivity contribution in [2.75, 3.05) is 7.11 Å². The molecule has 0 saturated carbocycles. The number of hydrogen-bond acceptors (Lipinski definition) is 9. The third-order valence-electron chi connectivity index (χ3n) is 4.85. The number of nitrogens with zero attached hydrogens (tertiary/aromatic N) is 2. The second-order valence-corrected chi connectivity index (χ2v) is 11.0. The lowest BCUT2D eigenvalue weighted by Gasteiger charge is -2.22. The van der Waals surface area contributed by atoms with Gasteiger partial charge >= 0.3 is 12.1 Å². The van der Waals surface area contributed by atoms with E-state index in [-0.39, 0.29) is 23.2 Å². The molecule has 1 aromatic heterocycles.